The van der Waals surface area contributed by atoms with E-state index in [0.29, 0.717) is 0 Å². The average Bonchev–Trinajstić information content (AvgIpc) is 2.00. The number of rotatable bonds is 1. The second kappa shape index (κ2) is 5.83. The van der Waals surface area contributed by atoms with Gasteiger partial charge < -0.3 is 10.8 Å². The first-order chi connectivity index (χ1) is 6.80. The Morgan fingerprint density at radius 2 is 1.44 bits per heavy atom. The molecular weight excluding hydrogens is 227 g/mol. The van der Waals surface area contributed by atoms with Gasteiger partial charge in [-0.25, -0.2) is 4.79 Å². The highest BCUT2D eigenvalue weighted by Crippen LogP contribution is 2.14. The first kappa shape index (κ1) is 17.3. The van der Waals surface area contributed by atoms with Crippen LogP contribution in [0.3, 0.4) is 0 Å². The molecule has 0 aliphatic rings. The van der Waals surface area contributed by atoms with E-state index in [0.717, 1.165) is 0 Å². The molecule has 0 rings (SSSR count). The summed E-state index contributed by atoms with van der Waals surface area (Å²) in [5, 5.41) is 7.12. The van der Waals surface area contributed by atoms with Crippen molar-refractivity contribution in [1.29, 1.82) is 0 Å². The minimum atomic E-state index is -5.08. The average molecular weight is 244 g/mol. The molecule has 96 valence electrons. The van der Waals surface area contributed by atoms with Crippen molar-refractivity contribution >= 4 is 11.8 Å². The van der Waals surface area contributed by atoms with Crippen LogP contribution in [0.4, 0.5) is 13.2 Å². The second-order valence-electron chi connectivity index (χ2n) is 4.32. The monoisotopic (exact) mass is 244 g/mol. The molecule has 0 saturated carbocycles. The van der Waals surface area contributed by atoms with E-state index < -0.39 is 12.1 Å². The lowest BCUT2D eigenvalue weighted by atomic mass is 9.87. The fourth-order valence-electron chi connectivity index (χ4n) is 0.739. The van der Waals surface area contributed by atoms with Crippen LogP contribution in [0.25, 0.3) is 0 Å². The zero-order chi connectivity index (χ0) is 13.7. The van der Waals surface area contributed by atoms with Gasteiger partial charge in [0.15, 0.2) is 5.78 Å². The normalized spacial score (nSPS) is 13.5. The van der Waals surface area contributed by atoms with Gasteiger partial charge in [0.2, 0.25) is 0 Å². The van der Waals surface area contributed by atoms with Crippen molar-refractivity contribution in [3.8, 4) is 0 Å². The molecule has 0 aliphatic carbocycles. The minimum Gasteiger partial charge on any atom is -0.475 e. The number of quaternary nitrogens is 1. The van der Waals surface area contributed by atoms with Crippen molar-refractivity contribution in [3.05, 3.63) is 0 Å². The van der Waals surface area contributed by atoms with E-state index in [1.54, 1.807) is 0 Å². The van der Waals surface area contributed by atoms with Gasteiger partial charge in [-0.3, -0.25) is 4.79 Å². The fraction of sp³-hybridized carbons (Fsp3) is 0.778. The maximum absolute atomic E-state index is 11.1. The third kappa shape index (κ3) is 8.22. The van der Waals surface area contributed by atoms with Crippen LogP contribution in [0, 0.1) is 5.41 Å². The number of carbonyl (C=O) groups excluding carboxylic acids is 1. The lowest BCUT2D eigenvalue weighted by Crippen LogP contribution is -2.65. The van der Waals surface area contributed by atoms with Crippen LogP contribution in [0.15, 0.2) is 0 Å². The molecule has 7 heteroatoms. The Balaban J connectivity index is 0. The van der Waals surface area contributed by atoms with Gasteiger partial charge in [0.25, 0.3) is 0 Å². The summed E-state index contributed by atoms with van der Waals surface area (Å²) < 4.78 is 31.7. The molecule has 16 heavy (non-hydrogen) atoms. The first-order valence-electron chi connectivity index (χ1n) is 4.47. The van der Waals surface area contributed by atoms with E-state index in [1.165, 1.54) is 0 Å². The Hall–Kier alpha value is -1.11. The summed E-state index contributed by atoms with van der Waals surface area (Å²) in [4.78, 5) is 20.0. The highest BCUT2D eigenvalue weighted by molar-refractivity contribution is 5.86. The number of alkyl halides is 3. The van der Waals surface area contributed by atoms with E-state index in [1.807, 2.05) is 27.7 Å². The minimum absolute atomic E-state index is 0.0787. The largest absolute Gasteiger partial charge is 0.490 e. The topological polar surface area (TPSA) is 82.0 Å². The van der Waals surface area contributed by atoms with Crippen molar-refractivity contribution in [3.63, 3.8) is 0 Å². The van der Waals surface area contributed by atoms with Gasteiger partial charge in [-0.2, -0.15) is 13.2 Å². The molecular formula is C9H17F3NO3+. The van der Waals surface area contributed by atoms with Gasteiger partial charge in [0.05, 0.1) is 0 Å². The molecule has 1 unspecified atom stereocenters. The number of carboxylic acids is 1. The van der Waals surface area contributed by atoms with Gasteiger partial charge in [-0.05, 0) is 6.92 Å². The number of ketones is 1. The summed E-state index contributed by atoms with van der Waals surface area (Å²) >= 11 is 0. The highest BCUT2D eigenvalue weighted by Gasteiger charge is 2.38. The van der Waals surface area contributed by atoms with Crippen LogP contribution in [0.5, 0.6) is 0 Å². The van der Waals surface area contributed by atoms with Crippen molar-refractivity contribution in [2.45, 2.75) is 39.9 Å². The zero-order valence-electron chi connectivity index (χ0n) is 9.68. The van der Waals surface area contributed by atoms with Crippen molar-refractivity contribution in [2.75, 3.05) is 0 Å². The molecule has 0 aromatic carbocycles. The van der Waals surface area contributed by atoms with Crippen molar-refractivity contribution in [2.24, 2.45) is 5.41 Å². The molecule has 0 heterocycles. The summed E-state index contributed by atoms with van der Waals surface area (Å²) in [6, 6.07) is -0.0787. The SMILES string of the molecule is CC([NH3+])C(=O)C(C)(C)C.O=C(O)C(F)(F)F. The summed E-state index contributed by atoms with van der Waals surface area (Å²) in [5.74, 6) is -2.53. The van der Waals surface area contributed by atoms with Gasteiger partial charge in [0, 0.05) is 5.41 Å². The van der Waals surface area contributed by atoms with Crippen LogP contribution in [0.2, 0.25) is 0 Å². The molecule has 0 saturated heterocycles. The molecule has 0 aliphatic heterocycles. The van der Waals surface area contributed by atoms with Gasteiger partial charge in [0.1, 0.15) is 6.04 Å². The molecule has 4 nitrogen and oxygen atoms in total. The Morgan fingerprint density at radius 3 is 1.44 bits per heavy atom. The van der Waals surface area contributed by atoms with E-state index in [-0.39, 0.29) is 17.2 Å². The second-order valence-corrected chi connectivity index (χ2v) is 4.32. The van der Waals surface area contributed by atoms with E-state index in [4.69, 9.17) is 9.90 Å². The maximum Gasteiger partial charge on any atom is 0.490 e. The first-order valence-corrected chi connectivity index (χ1v) is 4.47. The summed E-state index contributed by atoms with van der Waals surface area (Å²) in [7, 11) is 0. The summed E-state index contributed by atoms with van der Waals surface area (Å²) in [6.45, 7) is 7.57. The molecule has 0 aromatic heterocycles. The third-order valence-corrected chi connectivity index (χ3v) is 1.43. The van der Waals surface area contributed by atoms with Crippen LogP contribution in [-0.4, -0.2) is 29.1 Å². The van der Waals surface area contributed by atoms with Gasteiger partial charge >= 0.3 is 12.1 Å². The quantitative estimate of drug-likeness (QED) is 0.717. The molecule has 0 spiro atoms. The highest BCUT2D eigenvalue weighted by atomic mass is 19.4. The smallest absolute Gasteiger partial charge is 0.475 e. The molecule has 0 fully saturated rings. The van der Waals surface area contributed by atoms with Crippen molar-refractivity contribution in [1.82, 2.24) is 0 Å². The fourth-order valence-corrected chi connectivity index (χ4v) is 0.739. The van der Waals surface area contributed by atoms with E-state index >= 15 is 0 Å². The number of carboxylic acid groups (broad SMARTS) is 1. The third-order valence-electron chi connectivity index (χ3n) is 1.43. The van der Waals surface area contributed by atoms with Crippen molar-refractivity contribution < 1.29 is 33.6 Å². The standard InChI is InChI=1S/C7H15NO.C2HF3O2/c1-5(8)6(9)7(2,3)4;3-2(4,5)1(6)7/h5H,8H2,1-4H3;(H,6,7)/p+1. The van der Waals surface area contributed by atoms with E-state index in [9.17, 15) is 18.0 Å². The molecule has 0 bridgehead atoms. The Labute approximate surface area is 91.6 Å². The lowest BCUT2D eigenvalue weighted by molar-refractivity contribution is -0.399. The summed E-state index contributed by atoms with van der Waals surface area (Å²) in [5.41, 5.74) is 3.43. The molecule has 4 N–H and O–H groups in total. The van der Waals surface area contributed by atoms with Crippen LogP contribution in [-0.2, 0) is 9.59 Å². The van der Waals surface area contributed by atoms with Gasteiger partial charge in [-0.1, -0.05) is 20.8 Å². The zero-order valence-corrected chi connectivity index (χ0v) is 9.68. The number of aliphatic carboxylic acids is 1. The van der Waals surface area contributed by atoms with E-state index in [2.05, 4.69) is 5.73 Å². The summed E-state index contributed by atoms with van der Waals surface area (Å²) in [6.07, 6.45) is -5.08. The number of halogens is 3. The number of hydrogen-bond acceptors (Lipinski definition) is 2. The van der Waals surface area contributed by atoms with Gasteiger partial charge in [-0.15, -0.1) is 0 Å². The predicted octanol–water partition coefficient (Wildman–Crippen LogP) is 0.865. The van der Waals surface area contributed by atoms with Crippen LogP contribution < -0.4 is 5.73 Å². The number of hydrogen-bond donors (Lipinski definition) is 2. The van der Waals surface area contributed by atoms with Crippen LogP contribution in [0.1, 0.15) is 27.7 Å². The molecule has 0 amide bonds. The predicted molar refractivity (Wildman–Crippen MR) is 50.5 cm³/mol. The maximum atomic E-state index is 11.1. The number of carbonyl (C=O) groups is 2. The van der Waals surface area contributed by atoms with Crippen LogP contribution >= 0.6 is 0 Å². The lowest BCUT2D eigenvalue weighted by Gasteiger charge is -2.16. The number of Topliss-reactive ketones (excluding diaryl/α,β-unsaturated/α-hetero) is 1. The molecule has 0 radical (unpaired) electrons. The molecule has 0 aromatic rings. The Bertz CT molecular complexity index is 254. The molecule has 1 atom stereocenters. The Morgan fingerprint density at radius 1 is 1.19 bits per heavy atom. The Kier molecular flexibility index (Phi) is 6.30.